The molecule has 0 saturated carbocycles. The summed E-state index contributed by atoms with van der Waals surface area (Å²) in [4.78, 5) is 29.7. The van der Waals surface area contributed by atoms with E-state index in [-0.39, 0.29) is 17.9 Å². The van der Waals surface area contributed by atoms with E-state index in [4.69, 9.17) is 5.73 Å². The first-order valence-corrected chi connectivity index (χ1v) is 8.50. The van der Waals surface area contributed by atoms with E-state index in [1.807, 2.05) is 37.3 Å². The number of hydrogen-bond acceptors (Lipinski definition) is 5. The number of nitrogens with zero attached hydrogens (tertiary/aromatic N) is 3. The third-order valence-electron chi connectivity index (χ3n) is 3.84. The van der Waals surface area contributed by atoms with Gasteiger partial charge in [-0.1, -0.05) is 30.3 Å². The number of aryl methyl sites for hydroxylation is 1. The van der Waals surface area contributed by atoms with Crippen LogP contribution in [0.25, 0.3) is 11.3 Å². The van der Waals surface area contributed by atoms with Gasteiger partial charge in [0.2, 0.25) is 0 Å². The van der Waals surface area contributed by atoms with E-state index < -0.39 is 11.2 Å². The maximum Gasteiger partial charge on any atom is 0.332 e. The van der Waals surface area contributed by atoms with Gasteiger partial charge in [-0.25, -0.2) is 9.78 Å². The van der Waals surface area contributed by atoms with Crippen LogP contribution in [0.5, 0.6) is 0 Å². The molecular weight excluding hydrogens is 324 g/mol. The molecule has 0 radical (unpaired) electrons. The highest BCUT2D eigenvalue weighted by Crippen LogP contribution is 2.23. The van der Waals surface area contributed by atoms with Crippen LogP contribution in [0.2, 0.25) is 0 Å². The van der Waals surface area contributed by atoms with Crippen molar-refractivity contribution in [2.24, 2.45) is 0 Å². The molecule has 0 aliphatic carbocycles. The molecule has 0 bridgehead atoms. The molecule has 2 heterocycles. The Kier molecular flexibility index (Phi) is 4.35. The van der Waals surface area contributed by atoms with E-state index in [2.05, 4.69) is 4.98 Å². The Bertz CT molecular complexity index is 986. The van der Waals surface area contributed by atoms with E-state index in [9.17, 15) is 9.59 Å². The lowest BCUT2D eigenvalue weighted by atomic mass is 10.2. The Hall–Kier alpha value is -2.67. The zero-order valence-electron chi connectivity index (χ0n) is 13.5. The van der Waals surface area contributed by atoms with Gasteiger partial charge in [-0.15, -0.1) is 11.3 Å². The van der Waals surface area contributed by atoms with E-state index in [1.54, 1.807) is 12.3 Å². The largest absolute Gasteiger partial charge is 0.384 e. The van der Waals surface area contributed by atoms with Gasteiger partial charge in [0, 0.05) is 11.9 Å². The van der Waals surface area contributed by atoms with Gasteiger partial charge in [-0.2, -0.15) is 0 Å². The van der Waals surface area contributed by atoms with Gasteiger partial charge in [0.05, 0.1) is 17.2 Å². The van der Waals surface area contributed by atoms with Gasteiger partial charge < -0.3 is 5.73 Å². The van der Waals surface area contributed by atoms with Crippen LogP contribution in [0.1, 0.15) is 17.5 Å². The molecule has 2 aromatic heterocycles. The molecule has 24 heavy (non-hydrogen) atoms. The first kappa shape index (κ1) is 16.2. The average Bonchev–Trinajstić information content (AvgIpc) is 2.99. The molecule has 0 aliphatic rings. The lowest BCUT2D eigenvalue weighted by Gasteiger charge is -2.15. The topological polar surface area (TPSA) is 82.9 Å². The molecule has 7 heteroatoms. The molecule has 0 aliphatic heterocycles. The van der Waals surface area contributed by atoms with Crippen LogP contribution in [0.15, 0.2) is 45.3 Å². The average molecular weight is 342 g/mol. The molecule has 0 spiro atoms. The van der Waals surface area contributed by atoms with E-state index in [1.165, 1.54) is 20.5 Å². The van der Waals surface area contributed by atoms with E-state index in [0.717, 1.165) is 10.6 Å². The molecule has 0 atom stereocenters. The Morgan fingerprint density at radius 3 is 2.46 bits per heavy atom. The van der Waals surface area contributed by atoms with Gasteiger partial charge in [-0.05, 0) is 19.4 Å². The van der Waals surface area contributed by atoms with Crippen LogP contribution in [-0.2, 0) is 13.1 Å². The summed E-state index contributed by atoms with van der Waals surface area (Å²) in [5.41, 5.74) is 7.16. The van der Waals surface area contributed by atoms with Crippen LogP contribution in [0, 0.1) is 6.92 Å². The lowest BCUT2D eigenvalue weighted by Crippen LogP contribution is -2.41. The smallest absolute Gasteiger partial charge is 0.332 e. The lowest BCUT2D eigenvalue weighted by molar-refractivity contribution is 0.606. The molecule has 3 rings (SSSR count). The van der Waals surface area contributed by atoms with Crippen LogP contribution < -0.4 is 17.0 Å². The second-order valence-corrected chi connectivity index (χ2v) is 6.48. The fourth-order valence-corrected chi connectivity index (χ4v) is 3.24. The summed E-state index contributed by atoms with van der Waals surface area (Å²) < 4.78 is 2.63. The fourth-order valence-electron chi connectivity index (χ4n) is 2.63. The Morgan fingerprint density at radius 2 is 1.88 bits per heavy atom. The van der Waals surface area contributed by atoms with Crippen molar-refractivity contribution in [3.05, 3.63) is 67.1 Å². The van der Waals surface area contributed by atoms with Crippen molar-refractivity contribution in [3.8, 4) is 11.3 Å². The first-order chi connectivity index (χ1) is 11.5. The Balaban J connectivity index is 2.26. The van der Waals surface area contributed by atoms with Crippen LogP contribution >= 0.6 is 11.3 Å². The summed E-state index contributed by atoms with van der Waals surface area (Å²) in [6, 6.07) is 9.54. The van der Waals surface area contributed by atoms with Gasteiger partial charge in [0.25, 0.3) is 5.56 Å². The minimum absolute atomic E-state index is 0.156. The summed E-state index contributed by atoms with van der Waals surface area (Å²) in [5.74, 6) is 0.156. The molecule has 0 amide bonds. The van der Waals surface area contributed by atoms with Crippen molar-refractivity contribution in [2.45, 2.75) is 26.9 Å². The van der Waals surface area contributed by atoms with Gasteiger partial charge in [0.15, 0.2) is 0 Å². The minimum Gasteiger partial charge on any atom is -0.384 e. The van der Waals surface area contributed by atoms with E-state index in [0.29, 0.717) is 12.2 Å². The zero-order chi connectivity index (χ0) is 17.3. The number of nitrogens with two attached hydrogens (primary N) is 1. The minimum atomic E-state index is -0.403. The maximum absolute atomic E-state index is 12.7. The number of nitrogen functional groups attached to an aromatic ring is 1. The molecule has 0 fully saturated rings. The summed E-state index contributed by atoms with van der Waals surface area (Å²) in [5, 5.41) is 2.63. The van der Waals surface area contributed by atoms with Crippen molar-refractivity contribution >= 4 is 17.2 Å². The highest BCUT2D eigenvalue weighted by molar-refractivity contribution is 7.09. The molecule has 124 valence electrons. The second kappa shape index (κ2) is 6.45. The predicted molar refractivity (Wildman–Crippen MR) is 96.4 cm³/mol. The molecule has 6 nitrogen and oxygen atoms in total. The fraction of sp³-hybridized carbons (Fsp3) is 0.235. The van der Waals surface area contributed by atoms with Crippen molar-refractivity contribution in [2.75, 3.05) is 5.73 Å². The van der Waals surface area contributed by atoms with Crippen LogP contribution in [0.3, 0.4) is 0 Å². The molecule has 1 aromatic carbocycles. The van der Waals surface area contributed by atoms with Gasteiger partial charge in [-0.3, -0.25) is 13.9 Å². The maximum atomic E-state index is 12.7. The first-order valence-electron chi connectivity index (χ1n) is 7.62. The SMILES string of the molecule is CCn1c(=O)c(-c2csc(C)n2)c(N)n(Cc2ccccc2)c1=O. The number of hydrogen-bond donors (Lipinski definition) is 1. The monoisotopic (exact) mass is 342 g/mol. The quantitative estimate of drug-likeness (QED) is 0.787. The number of thiazole rings is 1. The number of anilines is 1. The van der Waals surface area contributed by atoms with Gasteiger partial charge >= 0.3 is 5.69 Å². The summed E-state index contributed by atoms with van der Waals surface area (Å²) in [7, 11) is 0. The van der Waals surface area contributed by atoms with Crippen molar-refractivity contribution in [1.29, 1.82) is 0 Å². The third kappa shape index (κ3) is 2.78. The van der Waals surface area contributed by atoms with Gasteiger partial charge in [0.1, 0.15) is 11.4 Å². The highest BCUT2D eigenvalue weighted by atomic mass is 32.1. The number of rotatable bonds is 4. The third-order valence-corrected chi connectivity index (χ3v) is 4.62. The Morgan fingerprint density at radius 1 is 1.17 bits per heavy atom. The summed E-state index contributed by atoms with van der Waals surface area (Å²) in [6.45, 7) is 4.22. The highest BCUT2D eigenvalue weighted by Gasteiger charge is 2.19. The van der Waals surface area contributed by atoms with Crippen molar-refractivity contribution in [3.63, 3.8) is 0 Å². The molecular formula is C17H18N4O2S. The number of aromatic nitrogens is 3. The molecule has 0 saturated heterocycles. The molecule has 2 N–H and O–H groups in total. The zero-order valence-corrected chi connectivity index (χ0v) is 14.3. The van der Waals surface area contributed by atoms with Crippen LogP contribution in [0.4, 0.5) is 5.82 Å². The Labute approximate surface area is 142 Å². The molecule has 3 aromatic rings. The van der Waals surface area contributed by atoms with E-state index >= 15 is 0 Å². The summed E-state index contributed by atoms with van der Waals surface area (Å²) in [6.07, 6.45) is 0. The predicted octanol–water partition coefficient (Wildman–Crippen LogP) is 2.09. The molecule has 0 unspecified atom stereocenters. The standard InChI is InChI=1S/C17H18N4O2S/c1-3-20-16(22)14(13-10-24-11(2)19-13)15(18)21(17(20)23)9-12-7-5-4-6-8-12/h4-8,10H,3,9,18H2,1-2H3. The van der Waals surface area contributed by atoms with Crippen LogP contribution in [-0.4, -0.2) is 14.1 Å². The van der Waals surface area contributed by atoms with Crippen molar-refractivity contribution < 1.29 is 0 Å². The van der Waals surface area contributed by atoms with Crippen molar-refractivity contribution in [1.82, 2.24) is 14.1 Å². The normalized spacial score (nSPS) is 10.9. The number of benzene rings is 1. The second-order valence-electron chi connectivity index (χ2n) is 5.42. The summed E-state index contributed by atoms with van der Waals surface area (Å²) >= 11 is 1.44.